The number of aromatic nitrogens is 1. The van der Waals surface area contributed by atoms with E-state index in [0.29, 0.717) is 0 Å². The van der Waals surface area contributed by atoms with Crippen molar-refractivity contribution in [3.8, 4) is 0 Å². The van der Waals surface area contributed by atoms with Gasteiger partial charge in [-0.1, -0.05) is 61.2 Å². The molecule has 4 rings (SSSR count). The van der Waals surface area contributed by atoms with Gasteiger partial charge in [0.25, 0.3) is 0 Å². The molecule has 0 saturated carbocycles. The van der Waals surface area contributed by atoms with Crippen LogP contribution in [0.4, 0.5) is 0 Å². The molecule has 0 bridgehead atoms. The number of allylic oxidation sites excluding steroid dienone is 2. The molecule has 0 amide bonds. The van der Waals surface area contributed by atoms with E-state index in [9.17, 15) is 0 Å². The molecule has 0 fully saturated rings. The maximum atomic E-state index is 4.41. The van der Waals surface area contributed by atoms with Gasteiger partial charge in [0.1, 0.15) is 0 Å². The summed E-state index contributed by atoms with van der Waals surface area (Å²) in [6.07, 6.45) is 7.36. The van der Waals surface area contributed by atoms with Crippen LogP contribution in [0, 0.1) is 0 Å². The summed E-state index contributed by atoms with van der Waals surface area (Å²) >= 11 is 0. The molecule has 0 spiro atoms. The van der Waals surface area contributed by atoms with Gasteiger partial charge in [-0.05, 0) is 49.0 Å². The quantitative estimate of drug-likeness (QED) is 0.549. The van der Waals surface area contributed by atoms with Crippen LogP contribution < -0.4 is 0 Å². The summed E-state index contributed by atoms with van der Waals surface area (Å²) in [7, 11) is 0. The summed E-state index contributed by atoms with van der Waals surface area (Å²) < 4.78 is 2.34. The van der Waals surface area contributed by atoms with Gasteiger partial charge in [-0.2, -0.15) is 0 Å². The first-order chi connectivity index (χ1) is 11.3. The molecule has 0 unspecified atom stereocenters. The number of benzene rings is 2. The summed E-state index contributed by atoms with van der Waals surface area (Å²) in [4.78, 5) is 0. The third kappa shape index (κ3) is 2.53. The molecular weight excluding hydrogens is 278 g/mol. The van der Waals surface area contributed by atoms with Gasteiger partial charge in [-0.25, -0.2) is 0 Å². The van der Waals surface area contributed by atoms with E-state index in [1.54, 1.807) is 0 Å². The Morgan fingerprint density at radius 2 is 1.70 bits per heavy atom. The predicted octanol–water partition coefficient (Wildman–Crippen LogP) is 6.12. The van der Waals surface area contributed by atoms with E-state index in [1.807, 2.05) is 0 Å². The van der Waals surface area contributed by atoms with Crippen LogP contribution >= 0.6 is 0 Å². The molecule has 1 nitrogen and oxygen atoms in total. The van der Waals surface area contributed by atoms with Gasteiger partial charge in [-0.15, -0.1) is 0 Å². The van der Waals surface area contributed by atoms with Gasteiger partial charge in [0, 0.05) is 16.8 Å². The van der Waals surface area contributed by atoms with E-state index in [4.69, 9.17) is 0 Å². The van der Waals surface area contributed by atoms with Crippen molar-refractivity contribution in [3.05, 3.63) is 84.6 Å². The normalized spacial score (nSPS) is 14.7. The minimum Gasteiger partial charge on any atom is -0.310 e. The highest BCUT2D eigenvalue weighted by Gasteiger charge is 2.16. The molecule has 1 heteroatoms. The Morgan fingerprint density at radius 1 is 0.913 bits per heavy atom. The van der Waals surface area contributed by atoms with E-state index >= 15 is 0 Å². The topological polar surface area (TPSA) is 4.93 Å². The average molecular weight is 299 g/mol. The van der Waals surface area contributed by atoms with Crippen molar-refractivity contribution in [2.24, 2.45) is 0 Å². The molecule has 2 aromatic carbocycles. The lowest BCUT2D eigenvalue weighted by Crippen LogP contribution is -2.03. The fourth-order valence-corrected chi connectivity index (χ4v) is 3.51. The highest BCUT2D eigenvalue weighted by molar-refractivity contribution is 5.91. The lowest BCUT2D eigenvalue weighted by Gasteiger charge is -2.18. The van der Waals surface area contributed by atoms with Crippen LogP contribution in [-0.2, 0) is 0 Å². The second kappa shape index (κ2) is 5.92. The average Bonchev–Trinajstić information content (AvgIpc) is 3.02. The third-order valence-corrected chi connectivity index (χ3v) is 4.71. The van der Waals surface area contributed by atoms with Gasteiger partial charge in [-0.3, -0.25) is 0 Å². The van der Waals surface area contributed by atoms with Crippen molar-refractivity contribution in [1.29, 1.82) is 0 Å². The molecular formula is C22H21N. The number of para-hydroxylation sites is 1. The van der Waals surface area contributed by atoms with Crippen LogP contribution in [0.1, 0.15) is 36.9 Å². The van der Waals surface area contributed by atoms with Gasteiger partial charge in [0.2, 0.25) is 0 Å². The van der Waals surface area contributed by atoms with Gasteiger partial charge < -0.3 is 4.57 Å². The van der Waals surface area contributed by atoms with E-state index in [2.05, 4.69) is 77.9 Å². The SMILES string of the molecule is C=C(c1ccccc1)n1c(C2=CCCCC2)cc2ccccc21. The molecule has 1 heterocycles. The minimum absolute atomic E-state index is 1.05. The summed E-state index contributed by atoms with van der Waals surface area (Å²) in [6, 6.07) is 21.4. The van der Waals surface area contributed by atoms with Gasteiger partial charge in [0.05, 0.1) is 5.52 Å². The highest BCUT2D eigenvalue weighted by Crippen LogP contribution is 2.34. The zero-order valence-corrected chi connectivity index (χ0v) is 13.3. The van der Waals surface area contributed by atoms with Crippen LogP contribution in [0.2, 0.25) is 0 Å². The van der Waals surface area contributed by atoms with Crippen molar-refractivity contribution in [2.45, 2.75) is 25.7 Å². The van der Waals surface area contributed by atoms with Crippen LogP contribution in [0.5, 0.6) is 0 Å². The lowest BCUT2D eigenvalue weighted by molar-refractivity contribution is 0.739. The number of nitrogens with zero attached hydrogens (tertiary/aromatic N) is 1. The maximum absolute atomic E-state index is 4.41. The third-order valence-electron chi connectivity index (χ3n) is 4.71. The number of rotatable bonds is 3. The van der Waals surface area contributed by atoms with Crippen LogP contribution in [0.15, 0.2) is 73.3 Å². The first-order valence-electron chi connectivity index (χ1n) is 8.39. The Labute approximate surface area is 137 Å². The van der Waals surface area contributed by atoms with Crippen molar-refractivity contribution < 1.29 is 0 Å². The molecule has 0 atom stereocenters. The highest BCUT2D eigenvalue weighted by atomic mass is 15.0. The van der Waals surface area contributed by atoms with Crippen molar-refractivity contribution in [1.82, 2.24) is 4.57 Å². The van der Waals surface area contributed by atoms with Crippen molar-refractivity contribution in [3.63, 3.8) is 0 Å². The number of hydrogen-bond donors (Lipinski definition) is 0. The number of fused-ring (bicyclic) bond motifs is 1. The second-order valence-electron chi connectivity index (χ2n) is 6.21. The first kappa shape index (κ1) is 14.1. The van der Waals surface area contributed by atoms with Crippen molar-refractivity contribution in [2.75, 3.05) is 0 Å². The van der Waals surface area contributed by atoms with Crippen LogP contribution in [0.3, 0.4) is 0 Å². The Hall–Kier alpha value is -2.54. The first-order valence-corrected chi connectivity index (χ1v) is 8.39. The molecule has 0 aliphatic heterocycles. The molecule has 1 aliphatic rings. The molecule has 0 N–H and O–H groups in total. The smallest absolute Gasteiger partial charge is 0.0534 e. The lowest BCUT2D eigenvalue weighted by atomic mass is 9.97. The zero-order chi connectivity index (χ0) is 15.6. The standard InChI is InChI=1S/C22H21N/c1-17(18-10-4-2-5-11-18)23-21-15-9-8-14-20(21)16-22(23)19-12-6-3-7-13-19/h2,4-5,8-12,14-16H,1,3,6-7,13H2. The zero-order valence-electron chi connectivity index (χ0n) is 13.3. The summed E-state index contributed by atoms with van der Waals surface area (Å²) in [5.74, 6) is 0. The molecule has 0 saturated heterocycles. The predicted molar refractivity (Wildman–Crippen MR) is 99.3 cm³/mol. The minimum atomic E-state index is 1.05. The maximum Gasteiger partial charge on any atom is 0.0534 e. The molecule has 0 radical (unpaired) electrons. The van der Waals surface area contributed by atoms with Crippen molar-refractivity contribution >= 4 is 22.2 Å². The van der Waals surface area contributed by atoms with Gasteiger partial charge in [0.15, 0.2) is 0 Å². The van der Waals surface area contributed by atoms with E-state index in [0.717, 1.165) is 5.70 Å². The van der Waals surface area contributed by atoms with E-state index < -0.39 is 0 Å². The largest absolute Gasteiger partial charge is 0.310 e. The van der Waals surface area contributed by atoms with E-state index in [1.165, 1.54) is 53.4 Å². The summed E-state index contributed by atoms with van der Waals surface area (Å²) in [5, 5.41) is 1.28. The fourth-order valence-electron chi connectivity index (χ4n) is 3.51. The number of hydrogen-bond acceptors (Lipinski definition) is 0. The Morgan fingerprint density at radius 3 is 2.48 bits per heavy atom. The van der Waals surface area contributed by atoms with E-state index in [-0.39, 0.29) is 0 Å². The summed E-state index contributed by atoms with van der Waals surface area (Å²) in [6.45, 7) is 4.41. The van der Waals surface area contributed by atoms with Crippen LogP contribution in [-0.4, -0.2) is 4.57 Å². The molecule has 3 aromatic rings. The molecule has 23 heavy (non-hydrogen) atoms. The van der Waals surface area contributed by atoms with Crippen LogP contribution in [0.25, 0.3) is 22.2 Å². The Bertz CT molecular complexity index is 881. The fraction of sp³-hybridized carbons (Fsp3) is 0.182. The second-order valence-corrected chi connectivity index (χ2v) is 6.21. The monoisotopic (exact) mass is 299 g/mol. The molecule has 114 valence electrons. The molecule has 1 aliphatic carbocycles. The summed E-state index contributed by atoms with van der Waals surface area (Å²) in [5.41, 5.74) is 6.23. The van der Waals surface area contributed by atoms with Gasteiger partial charge >= 0.3 is 0 Å². The Balaban J connectivity index is 1.93. The Kier molecular flexibility index (Phi) is 3.63. The molecule has 1 aromatic heterocycles.